The lowest BCUT2D eigenvalue weighted by molar-refractivity contribution is -0.118. The Bertz CT molecular complexity index is 640. The number of nitrogens with zero attached hydrogens (tertiary/aromatic N) is 2. The second kappa shape index (κ2) is 5.95. The minimum Gasteiger partial charge on any atom is -0.399 e. The molecule has 3 rings (SSSR count). The van der Waals surface area contributed by atoms with E-state index in [1.807, 2.05) is 35.2 Å². The minimum atomic E-state index is 0.178. The van der Waals surface area contributed by atoms with Crippen LogP contribution in [0.4, 0.5) is 11.4 Å². The Balaban J connectivity index is 1.71. The van der Waals surface area contributed by atoms with Gasteiger partial charge >= 0.3 is 0 Å². The van der Waals surface area contributed by atoms with Crippen molar-refractivity contribution in [2.24, 2.45) is 0 Å². The predicted molar refractivity (Wildman–Crippen MR) is 84.1 cm³/mol. The molecule has 1 aliphatic rings. The van der Waals surface area contributed by atoms with Gasteiger partial charge in [0.25, 0.3) is 0 Å². The molecular formula is C17H19N3O. The van der Waals surface area contributed by atoms with Crippen molar-refractivity contribution in [1.82, 2.24) is 4.98 Å². The molecule has 1 amide bonds. The first-order chi connectivity index (χ1) is 10.2. The molecule has 4 heteroatoms. The lowest BCUT2D eigenvalue weighted by atomic mass is 10.00. The number of pyridine rings is 1. The summed E-state index contributed by atoms with van der Waals surface area (Å²) in [5.74, 6) is 0.178. The fraction of sp³-hybridized carbons (Fsp3) is 0.294. The van der Waals surface area contributed by atoms with Gasteiger partial charge in [0.2, 0.25) is 5.91 Å². The summed E-state index contributed by atoms with van der Waals surface area (Å²) in [5.41, 5.74) is 9.94. The Morgan fingerprint density at radius 2 is 2.05 bits per heavy atom. The Kier molecular flexibility index (Phi) is 3.86. The first kappa shape index (κ1) is 13.6. The van der Waals surface area contributed by atoms with Gasteiger partial charge in [-0.3, -0.25) is 9.78 Å². The van der Waals surface area contributed by atoms with Gasteiger partial charge in [-0.1, -0.05) is 0 Å². The van der Waals surface area contributed by atoms with Crippen molar-refractivity contribution in [2.45, 2.75) is 25.7 Å². The van der Waals surface area contributed by atoms with Crippen LogP contribution in [0.15, 0.2) is 42.7 Å². The van der Waals surface area contributed by atoms with Gasteiger partial charge in [0.1, 0.15) is 0 Å². The van der Waals surface area contributed by atoms with Crippen LogP contribution in [-0.4, -0.2) is 17.4 Å². The molecule has 0 spiro atoms. The van der Waals surface area contributed by atoms with Crippen LogP contribution >= 0.6 is 0 Å². The number of aryl methyl sites for hydroxylation is 2. The third-order valence-corrected chi connectivity index (χ3v) is 3.90. The van der Waals surface area contributed by atoms with Crippen molar-refractivity contribution >= 4 is 17.3 Å². The highest BCUT2D eigenvalue weighted by molar-refractivity contribution is 5.95. The van der Waals surface area contributed by atoms with Gasteiger partial charge in [0.05, 0.1) is 0 Å². The number of carbonyl (C=O) groups is 1. The molecule has 0 fully saturated rings. The summed E-state index contributed by atoms with van der Waals surface area (Å²) in [6.45, 7) is 0.798. The molecule has 2 aromatic rings. The van der Waals surface area contributed by atoms with Crippen LogP contribution in [0.3, 0.4) is 0 Å². The lowest BCUT2D eigenvalue weighted by Gasteiger charge is -2.29. The highest BCUT2D eigenvalue weighted by atomic mass is 16.2. The molecule has 0 saturated carbocycles. The highest BCUT2D eigenvalue weighted by Gasteiger charge is 2.22. The Morgan fingerprint density at radius 1 is 1.24 bits per heavy atom. The fourth-order valence-corrected chi connectivity index (χ4v) is 2.81. The molecule has 108 valence electrons. The SMILES string of the molecule is Nc1ccc2c(c1)CCCN2C(=O)CCc1ccncc1. The summed E-state index contributed by atoms with van der Waals surface area (Å²) in [4.78, 5) is 18.4. The molecular weight excluding hydrogens is 262 g/mol. The number of aromatic nitrogens is 1. The first-order valence-electron chi connectivity index (χ1n) is 7.32. The molecule has 2 N–H and O–H groups in total. The number of benzene rings is 1. The average Bonchev–Trinajstić information content (AvgIpc) is 2.52. The molecule has 1 aliphatic heterocycles. The summed E-state index contributed by atoms with van der Waals surface area (Å²) in [6, 6.07) is 9.73. The third-order valence-electron chi connectivity index (χ3n) is 3.90. The van der Waals surface area contributed by atoms with E-state index < -0.39 is 0 Å². The number of hydrogen-bond acceptors (Lipinski definition) is 3. The van der Waals surface area contributed by atoms with Crippen molar-refractivity contribution in [3.63, 3.8) is 0 Å². The smallest absolute Gasteiger partial charge is 0.227 e. The fourth-order valence-electron chi connectivity index (χ4n) is 2.81. The van der Waals surface area contributed by atoms with E-state index in [9.17, 15) is 4.79 Å². The standard InChI is InChI=1S/C17H19N3O/c18-15-4-5-16-14(12-15)2-1-11-20(16)17(21)6-3-13-7-9-19-10-8-13/h4-5,7-10,12H,1-3,6,11,18H2. The molecule has 1 aromatic heterocycles. The molecule has 2 heterocycles. The zero-order valence-corrected chi connectivity index (χ0v) is 12.0. The Morgan fingerprint density at radius 3 is 2.86 bits per heavy atom. The molecule has 0 bridgehead atoms. The van der Waals surface area contributed by atoms with Crippen LogP contribution < -0.4 is 10.6 Å². The van der Waals surface area contributed by atoms with Crippen LogP contribution in [0, 0.1) is 0 Å². The maximum absolute atomic E-state index is 12.5. The Labute approximate surface area is 124 Å². The molecule has 0 aliphatic carbocycles. The summed E-state index contributed by atoms with van der Waals surface area (Å²) in [5, 5.41) is 0. The van der Waals surface area contributed by atoms with E-state index in [0.717, 1.165) is 42.7 Å². The minimum absolute atomic E-state index is 0.178. The monoisotopic (exact) mass is 281 g/mol. The zero-order valence-electron chi connectivity index (χ0n) is 12.0. The van der Waals surface area contributed by atoms with Crippen LogP contribution in [0.25, 0.3) is 0 Å². The largest absolute Gasteiger partial charge is 0.399 e. The number of fused-ring (bicyclic) bond motifs is 1. The average molecular weight is 281 g/mol. The maximum atomic E-state index is 12.5. The van der Waals surface area contributed by atoms with Crippen LogP contribution in [0.1, 0.15) is 24.0 Å². The third kappa shape index (κ3) is 3.05. The summed E-state index contributed by atoms with van der Waals surface area (Å²) < 4.78 is 0. The van der Waals surface area contributed by atoms with Gasteiger partial charge < -0.3 is 10.6 Å². The number of nitrogens with two attached hydrogens (primary N) is 1. The summed E-state index contributed by atoms with van der Waals surface area (Å²) in [6.07, 6.45) is 6.79. The molecule has 1 aromatic carbocycles. The second-order valence-corrected chi connectivity index (χ2v) is 5.39. The highest BCUT2D eigenvalue weighted by Crippen LogP contribution is 2.29. The van der Waals surface area contributed by atoms with Crippen molar-refractivity contribution in [2.75, 3.05) is 17.2 Å². The van der Waals surface area contributed by atoms with Gasteiger partial charge in [-0.25, -0.2) is 0 Å². The first-order valence-corrected chi connectivity index (χ1v) is 7.32. The van der Waals surface area contributed by atoms with Gasteiger partial charge in [-0.2, -0.15) is 0 Å². The molecule has 0 atom stereocenters. The van der Waals surface area contributed by atoms with E-state index in [0.29, 0.717) is 6.42 Å². The van der Waals surface area contributed by atoms with Crippen LogP contribution in [0.5, 0.6) is 0 Å². The van der Waals surface area contributed by atoms with Gasteiger partial charge in [-0.15, -0.1) is 0 Å². The van der Waals surface area contributed by atoms with Crippen molar-refractivity contribution in [3.8, 4) is 0 Å². The molecule has 0 radical (unpaired) electrons. The van der Waals surface area contributed by atoms with Crippen LogP contribution in [-0.2, 0) is 17.6 Å². The van der Waals surface area contributed by atoms with E-state index in [1.54, 1.807) is 12.4 Å². The zero-order chi connectivity index (χ0) is 14.7. The van der Waals surface area contributed by atoms with Crippen LogP contribution in [0.2, 0.25) is 0 Å². The van der Waals surface area contributed by atoms with Crippen molar-refractivity contribution in [3.05, 3.63) is 53.9 Å². The normalized spacial score (nSPS) is 13.8. The number of anilines is 2. The summed E-state index contributed by atoms with van der Waals surface area (Å²) in [7, 11) is 0. The topological polar surface area (TPSA) is 59.2 Å². The molecule has 4 nitrogen and oxygen atoms in total. The number of amides is 1. The second-order valence-electron chi connectivity index (χ2n) is 5.39. The number of rotatable bonds is 3. The molecule has 0 unspecified atom stereocenters. The molecule has 0 saturated heterocycles. The summed E-state index contributed by atoms with van der Waals surface area (Å²) >= 11 is 0. The van der Waals surface area contributed by atoms with E-state index in [2.05, 4.69) is 4.98 Å². The Hall–Kier alpha value is -2.36. The number of hydrogen-bond donors (Lipinski definition) is 1. The quantitative estimate of drug-likeness (QED) is 0.880. The van der Waals surface area contributed by atoms with Gasteiger partial charge in [-0.05, 0) is 60.7 Å². The van der Waals surface area contributed by atoms with Crippen molar-refractivity contribution < 1.29 is 4.79 Å². The van der Waals surface area contributed by atoms with E-state index >= 15 is 0 Å². The van der Waals surface area contributed by atoms with Crippen molar-refractivity contribution in [1.29, 1.82) is 0 Å². The van der Waals surface area contributed by atoms with E-state index in [1.165, 1.54) is 5.56 Å². The van der Waals surface area contributed by atoms with Gasteiger partial charge in [0, 0.05) is 36.7 Å². The lowest BCUT2D eigenvalue weighted by Crippen LogP contribution is -2.35. The van der Waals surface area contributed by atoms with E-state index in [-0.39, 0.29) is 5.91 Å². The number of carbonyl (C=O) groups excluding carboxylic acids is 1. The van der Waals surface area contributed by atoms with Gasteiger partial charge in [0.15, 0.2) is 0 Å². The van der Waals surface area contributed by atoms with E-state index in [4.69, 9.17) is 5.73 Å². The number of nitrogen functional groups attached to an aromatic ring is 1. The molecule has 21 heavy (non-hydrogen) atoms. The maximum Gasteiger partial charge on any atom is 0.227 e. The predicted octanol–water partition coefficient (Wildman–Crippen LogP) is 2.58.